The molecule has 0 radical (unpaired) electrons. The lowest BCUT2D eigenvalue weighted by Gasteiger charge is -2.25. The Hall–Kier alpha value is -2.20. The van der Waals surface area contributed by atoms with Gasteiger partial charge in [-0.1, -0.05) is 35.9 Å². The molecule has 0 aromatic heterocycles. The SMILES string of the molecule is O=C(NCc1cccc(Cl)c1)[C@@H]1COc2ccccc2O1. The summed E-state index contributed by atoms with van der Waals surface area (Å²) < 4.78 is 11.2. The zero-order chi connectivity index (χ0) is 14.7. The third kappa shape index (κ3) is 3.28. The van der Waals surface area contributed by atoms with E-state index in [4.69, 9.17) is 21.1 Å². The molecule has 21 heavy (non-hydrogen) atoms. The van der Waals surface area contributed by atoms with Crippen LogP contribution in [0.4, 0.5) is 0 Å². The van der Waals surface area contributed by atoms with Crippen LogP contribution in [0.1, 0.15) is 5.56 Å². The molecule has 0 bridgehead atoms. The Morgan fingerprint density at radius 2 is 2.00 bits per heavy atom. The predicted octanol–water partition coefficient (Wildman–Crippen LogP) is 2.80. The van der Waals surface area contributed by atoms with Gasteiger partial charge in [0.2, 0.25) is 6.10 Å². The van der Waals surface area contributed by atoms with Gasteiger partial charge in [-0.2, -0.15) is 0 Å². The van der Waals surface area contributed by atoms with Gasteiger partial charge in [-0.15, -0.1) is 0 Å². The van der Waals surface area contributed by atoms with Crippen molar-refractivity contribution in [2.45, 2.75) is 12.6 Å². The van der Waals surface area contributed by atoms with Crippen molar-refractivity contribution in [2.75, 3.05) is 6.61 Å². The van der Waals surface area contributed by atoms with E-state index in [0.29, 0.717) is 23.1 Å². The molecule has 2 aromatic rings. The lowest BCUT2D eigenvalue weighted by atomic mass is 10.2. The van der Waals surface area contributed by atoms with Crippen molar-refractivity contribution in [3.8, 4) is 11.5 Å². The van der Waals surface area contributed by atoms with Gasteiger partial charge in [-0.3, -0.25) is 4.79 Å². The minimum Gasteiger partial charge on any atom is -0.485 e. The zero-order valence-electron chi connectivity index (χ0n) is 11.2. The van der Waals surface area contributed by atoms with E-state index in [9.17, 15) is 4.79 Å². The number of nitrogens with one attached hydrogen (secondary N) is 1. The van der Waals surface area contributed by atoms with Crippen LogP contribution in [0, 0.1) is 0 Å². The highest BCUT2D eigenvalue weighted by Crippen LogP contribution is 2.30. The van der Waals surface area contributed by atoms with E-state index in [2.05, 4.69) is 5.32 Å². The molecule has 2 aromatic carbocycles. The molecule has 0 spiro atoms. The van der Waals surface area contributed by atoms with Crippen LogP contribution in [0.3, 0.4) is 0 Å². The largest absolute Gasteiger partial charge is 0.485 e. The van der Waals surface area contributed by atoms with E-state index in [1.54, 1.807) is 12.1 Å². The van der Waals surface area contributed by atoms with Gasteiger partial charge in [0.15, 0.2) is 11.5 Å². The van der Waals surface area contributed by atoms with Gasteiger partial charge in [-0.05, 0) is 29.8 Å². The average Bonchev–Trinajstić information content (AvgIpc) is 2.52. The number of carbonyl (C=O) groups is 1. The van der Waals surface area contributed by atoms with Crippen LogP contribution >= 0.6 is 11.6 Å². The van der Waals surface area contributed by atoms with Crippen molar-refractivity contribution in [2.24, 2.45) is 0 Å². The van der Waals surface area contributed by atoms with Crippen LogP contribution < -0.4 is 14.8 Å². The van der Waals surface area contributed by atoms with Gasteiger partial charge < -0.3 is 14.8 Å². The first-order valence-electron chi connectivity index (χ1n) is 6.63. The van der Waals surface area contributed by atoms with E-state index in [-0.39, 0.29) is 12.5 Å². The Labute approximate surface area is 127 Å². The number of hydrogen-bond acceptors (Lipinski definition) is 3. The molecule has 1 aliphatic rings. The first-order chi connectivity index (χ1) is 10.2. The summed E-state index contributed by atoms with van der Waals surface area (Å²) in [4.78, 5) is 12.1. The van der Waals surface area contributed by atoms with E-state index in [1.807, 2.05) is 36.4 Å². The summed E-state index contributed by atoms with van der Waals surface area (Å²) in [5.74, 6) is 1.05. The fraction of sp³-hybridized carbons (Fsp3) is 0.188. The van der Waals surface area contributed by atoms with Gasteiger partial charge in [0, 0.05) is 11.6 Å². The van der Waals surface area contributed by atoms with Crippen LogP contribution in [0.2, 0.25) is 5.02 Å². The number of fused-ring (bicyclic) bond motifs is 1. The molecular weight excluding hydrogens is 290 g/mol. The second-order valence-corrected chi connectivity index (χ2v) is 5.15. The normalized spacial score (nSPS) is 16.3. The Morgan fingerprint density at radius 3 is 2.81 bits per heavy atom. The van der Waals surface area contributed by atoms with Crippen LogP contribution in [0.15, 0.2) is 48.5 Å². The van der Waals surface area contributed by atoms with Crippen molar-refractivity contribution in [1.82, 2.24) is 5.32 Å². The number of ether oxygens (including phenoxy) is 2. The first-order valence-corrected chi connectivity index (χ1v) is 7.01. The second-order valence-electron chi connectivity index (χ2n) is 4.71. The zero-order valence-corrected chi connectivity index (χ0v) is 12.0. The van der Waals surface area contributed by atoms with E-state index in [0.717, 1.165) is 5.56 Å². The lowest BCUT2D eigenvalue weighted by molar-refractivity contribution is -0.130. The number of hydrogen-bond donors (Lipinski definition) is 1. The van der Waals surface area contributed by atoms with Crippen LogP contribution in [0.5, 0.6) is 11.5 Å². The second kappa shape index (κ2) is 6.06. The maximum Gasteiger partial charge on any atom is 0.264 e. The number of carbonyl (C=O) groups excluding carboxylic acids is 1. The smallest absolute Gasteiger partial charge is 0.264 e. The predicted molar refractivity (Wildman–Crippen MR) is 79.7 cm³/mol. The summed E-state index contributed by atoms with van der Waals surface area (Å²) >= 11 is 5.91. The summed E-state index contributed by atoms with van der Waals surface area (Å²) in [6, 6.07) is 14.7. The van der Waals surface area contributed by atoms with Crippen molar-refractivity contribution >= 4 is 17.5 Å². The van der Waals surface area contributed by atoms with Crippen LogP contribution in [0.25, 0.3) is 0 Å². The van der Waals surface area contributed by atoms with Gasteiger partial charge in [0.25, 0.3) is 5.91 Å². The molecule has 3 rings (SSSR count). The van der Waals surface area contributed by atoms with Crippen molar-refractivity contribution < 1.29 is 14.3 Å². The Morgan fingerprint density at radius 1 is 1.19 bits per heavy atom. The molecule has 1 amide bonds. The fourth-order valence-electron chi connectivity index (χ4n) is 2.10. The summed E-state index contributed by atoms with van der Waals surface area (Å²) in [7, 11) is 0. The van der Waals surface area contributed by atoms with E-state index in [1.165, 1.54) is 0 Å². The highest BCUT2D eigenvalue weighted by molar-refractivity contribution is 6.30. The van der Waals surface area contributed by atoms with E-state index < -0.39 is 6.10 Å². The minimum absolute atomic E-state index is 0.204. The third-order valence-corrected chi connectivity index (χ3v) is 3.39. The molecule has 1 atom stereocenters. The molecule has 4 nitrogen and oxygen atoms in total. The highest BCUT2D eigenvalue weighted by Gasteiger charge is 2.26. The molecule has 0 saturated carbocycles. The van der Waals surface area contributed by atoms with Gasteiger partial charge in [0.1, 0.15) is 6.61 Å². The molecular formula is C16H14ClNO3. The molecule has 108 valence electrons. The quantitative estimate of drug-likeness (QED) is 0.948. The maximum absolute atomic E-state index is 12.1. The highest BCUT2D eigenvalue weighted by atomic mass is 35.5. The molecule has 0 fully saturated rings. The Kier molecular flexibility index (Phi) is 3.97. The summed E-state index contributed by atoms with van der Waals surface area (Å²) in [6.07, 6.45) is -0.640. The lowest BCUT2D eigenvalue weighted by Crippen LogP contribution is -2.43. The maximum atomic E-state index is 12.1. The third-order valence-electron chi connectivity index (χ3n) is 3.16. The van der Waals surface area contributed by atoms with Crippen LogP contribution in [-0.4, -0.2) is 18.6 Å². The summed E-state index contributed by atoms with van der Waals surface area (Å²) in [5, 5.41) is 3.47. The molecule has 5 heteroatoms. The fourth-order valence-corrected chi connectivity index (χ4v) is 2.31. The molecule has 0 unspecified atom stereocenters. The Bertz CT molecular complexity index is 659. The molecule has 1 N–H and O–H groups in total. The van der Waals surface area contributed by atoms with Crippen LogP contribution in [-0.2, 0) is 11.3 Å². The number of halogens is 1. The Balaban J connectivity index is 1.59. The topological polar surface area (TPSA) is 47.6 Å². The molecule has 1 heterocycles. The molecule has 1 aliphatic heterocycles. The van der Waals surface area contributed by atoms with Crippen molar-refractivity contribution in [3.05, 3.63) is 59.1 Å². The van der Waals surface area contributed by atoms with Gasteiger partial charge >= 0.3 is 0 Å². The number of rotatable bonds is 3. The molecule has 0 aliphatic carbocycles. The van der Waals surface area contributed by atoms with Gasteiger partial charge in [-0.25, -0.2) is 0 Å². The van der Waals surface area contributed by atoms with Crippen molar-refractivity contribution in [1.29, 1.82) is 0 Å². The van der Waals surface area contributed by atoms with Crippen molar-refractivity contribution in [3.63, 3.8) is 0 Å². The van der Waals surface area contributed by atoms with E-state index >= 15 is 0 Å². The van der Waals surface area contributed by atoms with Gasteiger partial charge in [0.05, 0.1) is 0 Å². The standard InChI is InChI=1S/C16H14ClNO3/c17-12-5-3-4-11(8-12)9-18-16(19)15-10-20-13-6-1-2-7-14(13)21-15/h1-8,15H,9-10H2,(H,18,19)/t15-/m0/s1. The first kappa shape index (κ1) is 13.8. The number of amides is 1. The number of benzene rings is 2. The minimum atomic E-state index is -0.640. The number of para-hydroxylation sites is 2. The summed E-state index contributed by atoms with van der Waals surface area (Å²) in [6.45, 7) is 0.610. The molecule has 0 saturated heterocycles. The summed E-state index contributed by atoms with van der Waals surface area (Å²) in [5.41, 5.74) is 0.938. The monoisotopic (exact) mass is 303 g/mol. The average molecular weight is 304 g/mol.